The van der Waals surface area contributed by atoms with Crippen LogP contribution in [0.4, 0.5) is 5.69 Å². The summed E-state index contributed by atoms with van der Waals surface area (Å²) in [5.74, 6) is 0.121. The Labute approximate surface area is 168 Å². The van der Waals surface area contributed by atoms with Crippen molar-refractivity contribution in [3.8, 4) is 0 Å². The van der Waals surface area contributed by atoms with E-state index in [1.165, 1.54) is 36.9 Å². The van der Waals surface area contributed by atoms with E-state index in [9.17, 15) is 9.59 Å². The van der Waals surface area contributed by atoms with Crippen LogP contribution in [-0.4, -0.2) is 48.9 Å². The molecular formula is C23H33N3O2. The van der Waals surface area contributed by atoms with Gasteiger partial charge < -0.3 is 15.1 Å². The molecule has 2 unspecified atom stereocenters. The molecule has 1 aliphatic heterocycles. The van der Waals surface area contributed by atoms with Crippen molar-refractivity contribution in [3.63, 3.8) is 0 Å². The molecule has 3 fully saturated rings. The van der Waals surface area contributed by atoms with Gasteiger partial charge in [-0.15, -0.1) is 0 Å². The minimum atomic E-state index is -0.0921. The lowest BCUT2D eigenvalue weighted by Crippen LogP contribution is -2.49. The van der Waals surface area contributed by atoms with Crippen LogP contribution < -0.4 is 10.2 Å². The van der Waals surface area contributed by atoms with Crippen molar-refractivity contribution < 1.29 is 9.59 Å². The largest absolute Gasteiger partial charge is 0.368 e. The number of rotatable bonds is 4. The molecule has 1 N–H and O–H groups in total. The van der Waals surface area contributed by atoms with Crippen molar-refractivity contribution in [2.45, 2.75) is 57.9 Å². The second kappa shape index (κ2) is 8.54. The fraction of sp³-hybridized carbons (Fsp3) is 0.652. The second-order valence-corrected chi connectivity index (χ2v) is 8.80. The predicted octanol–water partition coefficient (Wildman–Crippen LogP) is 3.12. The van der Waals surface area contributed by atoms with E-state index >= 15 is 0 Å². The minimum absolute atomic E-state index is 0.0868. The molecule has 1 heterocycles. The molecule has 2 atom stereocenters. The van der Waals surface area contributed by atoms with Crippen LogP contribution in [0.25, 0.3) is 0 Å². The molecule has 2 saturated carbocycles. The van der Waals surface area contributed by atoms with Crippen molar-refractivity contribution in [2.75, 3.05) is 31.1 Å². The molecule has 0 aromatic heterocycles. The highest BCUT2D eigenvalue weighted by atomic mass is 16.2. The molecule has 0 radical (unpaired) electrons. The summed E-state index contributed by atoms with van der Waals surface area (Å²) in [5, 5.41) is 3.22. The summed E-state index contributed by atoms with van der Waals surface area (Å²) in [6.45, 7) is 5.33. The van der Waals surface area contributed by atoms with Crippen molar-refractivity contribution in [3.05, 3.63) is 29.8 Å². The summed E-state index contributed by atoms with van der Waals surface area (Å²) in [6.07, 6.45) is 7.91. The Balaban J connectivity index is 1.24. The summed E-state index contributed by atoms with van der Waals surface area (Å²) >= 11 is 0. The highest BCUT2D eigenvalue weighted by molar-refractivity contribution is 5.92. The maximum atomic E-state index is 12.8. The van der Waals surface area contributed by atoms with Crippen LogP contribution in [0.1, 0.15) is 50.5 Å². The topological polar surface area (TPSA) is 52.7 Å². The van der Waals surface area contributed by atoms with Gasteiger partial charge >= 0.3 is 0 Å². The van der Waals surface area contributed by atoms with Gasteiger partial charge in [0, 0.05) is 37.9 Å². The Morgan fingerprint density at radius 2 is 1.68 bits per heavy atom. The van der Waals surface area contributed by atoms with Gasteiger partial charge in [-0.3, -0.25) is 9.59 Å². The first-order chi connectivity index (χ1) is 13.6. The number of amides is 2. The molecule has 28 heavy (non-hydrogen) atoms. The van der Waals surface area contributed by atoms with Gasteiger partial charge in [-0.05, 0) is 43.9 Å². The zero-order valence-electron chi connectivity index (χ0n) is 17.0. The lowest BCUT2D eigenvalue weighted by Gasteiger charge is -2.36. The van der Waals surface area contributed by atoms with E-state index in [0.717, 1.165) is 45.4 Å². The normalized spacial score (nSPS) is 25.9. The number of hydrogen-bond acceptors (Lipinski definition) is 3. The average Bonchev–Trinajstić information content (AvgIpc) is 3.52. The van der Waals surface area contributed by atoms with Crippen molar-refractivity contribution in [1.82, 2.24) is 10.2 Å². The van der Waals surface area contributed by atoms with Gasteiger partial charge in [-0.25, -0.2) is 0 Å². The molecule has 152 valence electrons. The zero-order chi connectivity index (χ0) is 19.5. The molecule has 3 aliphatic rings. The number of hydrogen-bond donors (Lipinski definition) is 1. The summed E-state index contributed by atoms with van der Waals surface area (Å²) in [4.78, 5) is 29.7. The molecule has 4 rings (SSSR count). The summed E-state index contributed by atoms with van der Waals surface area (Å²) in [5.41, 5.74) is 2.50. The number of carbonyl (C=O) groups is 2. The molecule has 1 saturated heterocycles. The Morgan fingerprint density at radius 3 is 2.36 bits per heavy atom. The predicted molar refractivity (Wildman–Crippen MR) is 111 cm³/mol. The third kappa shape index (κ3) is 4.50. The van der Waals surface area contributed by atoms with Gasteiger partial charge in [0.1, 0.15) is 0 Å². The van der Waals surface area contributed by atoms with Crippen LogP contribution in [-0.2, 0) is 9.59 Å². The van der Waals surface area contributed by atoms with Crippen molar-refractivity contribution in [2.24, 2.45) is 11.8 Å². The van der Waals surface area contributed by atoms with Crippen LogP contribution in [0.2, 0.25) is 0 Å². The number of piperazine rings is 1. The van der Waals surface area contributed by atoms with Gasteiger partial charge in [0.15, 0.2) is 0 Å². The smallest absolute Gasteiger partial charge is 0.226 e. The molecule has 2 amide bonds. The third-order valence-corrected chi connectivity index (χ3v) is 6.60. The van der Waals surface area contributed by atoms with Gasteiger partial charge in [-0.1, -0.05) is 37.8 Å². The molecule has 0 spiro atoms. The number of nitrogens with zero attached hydrogens (tertiary/aromatic N) is 2. The monoisotopic (exact) mass is 383 g/mol. The first-order valence-electron chi connectivity index (χ1n) is 11.0. The number of anilines is 1. The number of benzene rings is 1. The first kappa shape index (κ1) is 19.3. The quantitative estimate of drug-likeness (QED) is 0.813. The second-order valence-electron chi connectivity index (χ2n) is 8.80. The number of carbonyl (C=O) groups excluding carboxylic acids is 2. The van der Waals surface area contributed by atoms with Crippen LogP contribution >= 0.6 is 0 Å². The maximum Gasteiger partial charge on any atom is 0.226 e. The van der Waals surface area contributed by atoms with E-state index in [1.807, 2.05) is 4.90 Å². The molecule has 1 aromatic carbocycles. The zero-order valence-corrected chi connectivity index (χ0v) is 17.0. The highest BCUT2D eigenvalue weighted by Gasteiger charge is 2.50. The van der Waals surface area contributed by atoms with Crippen LogP contribution in [0, 0.1) is 18.8 Å². The molecular weight excluding hydrogens is 350 g/mol. The number of nitrogens with one attached hydrogen (secondary N) is 1. The summed E-state index contributed by atoms with van der Waals surface area (Å²) < 4.78 is 0. The van der Waals surface area contributed by atoms with E-state index in [0.29, 0.717) is 6.04 Å². The Bertz CT molecular complexity index is 704. The van der Waals surface area contributed by atoms with Gasteiger partial charge in [-0.2, -0.15) is 0 Å². The van der Waals surface area contributed by atoms with Gasteiger partial charge in [0.25, 0.3) is 0 Å². The van der Waals surface area contributed by atoms with Gasteiger partial charge in [0.05, 0.1) is 11.8 Å². The first-order valence-corrected chi connectivity index (χ1v) is 11.0. The molecule has 5 nitrogen and oxygen atoms in total. The highest BCUT2D eigenvalue weighted by Crippen LogP contribution is 2.40. The lowest BCUT2D eigenvalue weighted by atomic mass is 10.1. The lowest BCUT2D eigenvalue weighted by molar-refractivity contribution is -0.135. The molecule has 5 heteroatoms. The molecule has 2 aliphatic carbocycles. The molecule has 1 aromatic rings. The fourth-order valence-electron chi connectivity index (χ4n) is 4.73. The molecule has 0 bridgehead atoms. The standard InChI is InChI=1S/C23H33N3O2/c1-17-7-6-10-19(15-17)25-11-13-26(14-12-25)23(28)21-16-20(21)22(27)24-18-8-4-2-3-5-9-18/h6-7,10,15,18,20-21H,2-5,8-9,11-14,16H2,1H3,(H,24,27). The van der Waals surface area contributed by atoms with E-state index in [-0.39, 0.29) is 23.7 Å². The van der Waals surface area contributed by atoms with Gasteiger partial charge in [0.2, 0.25) is 11.8 Å². The summed E-state index contributed by atoms with van der Waals surface area (Å²) in [7, 11) is 0. The minimum Gasteiger partial charge on any atom is -0.368 e. The number of aryl methyl sites for hydroxylation is 1. The van der Waals surface area contributed by atoms with Crippen molar-refractivity contribution >= 4 is 17.5 Å². The van der Waals surface area contributed by atoms with E-state index < -0.39 is 0 Å². The third-order valence-electron chi connectivity index (χ3n) is 6.60. The van der Waals surface area contributed by atoms with Crippen molar-refractivity contribution in [1.29, 1.82) is 0 Å². The fourth-order valence-corrected chi connectivity index (χ4v) is 4.73. The Morgan fingerprint density at radius 1 is 0.964 bits per heavy atom. The van der Waals surface area contributed by atoms with Crippen LogP contribution in [0.3, 0.4) is 0 Å². The Hall–Kier alpha value is -2.04. The summed E-state index contributed by atoms with van der Waals surface area (Å²) in [6, 6.07) is 8.86. The van der Waals surface area contributed by atoms with Crippen LogP contribution in [0.5, 0.6) is 0 Å². The van der Waals surface area contributed by atoms with Crippen LogP contribution in [0.15, 0.2) is 24.3 Å². The van der Waals surface area contributed by atoms with E-state index in [1.54, 1.807) is 0 Å². The maximum absolute atomic E-state index is 12.8. The Kier molecular flexibility index (Phi) is 5.88. The van der Waals surface area contributed by atoms with E-state index in [2.05, 4.69) is 41.4 Å². The SMILES string of the molecule is Cc1cccc(N2CCN(C(=O)C3CC3C(=O)NC3CCCCCC3)CC2)c1. The average molecular weight is 384 g/mol. The van der Waals surface area contributed by atoms with E-state index in [4.69, 9.17) is 0 Å².